The molecule has 0 atom stereocenters. The van der Waals surface area contributed by atoms with Crippen LogP contribution in [0.1, 0.15) is 12.1 Å². The maximum atomic E-state index is 12.6. The molecule has 4 aromatic rings. The van der Waals surface area contributed by atoms with Crippen LogP contribution in [0.3, 0.4) is 0 Å². The second-order valence-electron chi connectivity index (χ2n) is 6.60. The number of fused-ring (bicyclic) bond motifs is 2. The van der Waals surface area contributed by atoms with Gasteiger partial charge in [-0.15, -0.1) is 13.2 Å². The molecule has 2 aromatic carbocycles. The third kappa shape index (κ3) is 2.93. The Bertz CT molecular complexity index is 1180. The summed E-state index contributed by atoms with van der Waals surface area (Å²) in [6, 6.07) is 13.9. The number of hydrogen-bond acceptors (Lipinski definition) is 4. The molecule has 0 unspecified atom stereocenters. The number of benzene rings is 2. The molecule has 0 radical (unpaired) electrons. The van der Waals surface area contributed by atoms with Crippen molar-refractivity contribution in [3.05, 3.63) is 54.2 Å². The summed E-state index contributed by atoms with van der Waals surface area (Å²) < 4.78 is 49.7. The molecular weight excluding hydrogens is 387 g/mol. The molecule has 0 spiro atoms. The minimum atomic E-state index is -4.73. The molecule has 3 heterocycles. The maximum Gasteiger partial charge on any atom is 0.573 e. The predicted octanol–water partition coefficient (Wildman–Crippen LogP) is 5.67. The monoisotopic (exact) mass is 401 g/mol. The molecule has 0 amide bonds. The number of aromatic nitrogens is 3. The van der Waals surface area contributed by atoms with E-state index in [1.165, 1.54) is 23.7 Å². The number of halogens is 3. The Morgan fingerprint density at radius 1 is 1.04 bits per heavy atom. The topological polar surface area (TPSA) is 39.9 Å². The van der Waals surface area contributed by atoms with Crippen molar-refractivity contribution < 1.29 is 17.9 Å². The van der Waals surface area contributed by atoms with E-state index in [1.807, 2.05) is 28.9 Å². The molecule has 1 aliphatic heterocycles. The standard InChI is InChI=1S/C20H14F3N3OS/c21-20(22,23)27-13-6-3-5-12(11-13)18-17(15-8-4-10-26(15)24-18)19-14-7-1-2-9-16(14)28-25-19/h1-3,5-7,9,11H,4,8,10H2. The van der Waals surface area contributed by atoms with Gasteiger partial charge in [0.2, 0.25) is 0 Å². The van der Waals surface area contributed by atoms with E-state index in [1.54, 1.807) is 12.1 Å². The lowest BCUT2D eigenvalue weighted by atomic mass is 9.99. The van der Waals surface area contributed by atoms with Gasteiger partial charge in [-0.25, -0.2) is 0 Å². The van der Waals surface area contributed by atoms with Crippen LogP contribution in [0.15, 0.2) is 48.5 Å². The second-order valence-corrected chi connectivity index (χ2v) is 7.40. The number of hydrogen-bond donors (Lipinski definition) is 0. The molecule has 4 nitrogen and oxygen atoms in total. The Morgan fingerprint density at radius 3 is 2.75 bits per heavy atom. The van der Waals surface area contributed by atoms with E-state index in [0.717, 1.165) is 46.4 Å². The summed E-state index contributed by atoms with van der Waals surface area (Å²) in [5, 5.41) is 5.73. The zero-order chi connectivity index (χ0) is 19.3. The van der Waals surface area contributed by atoms with E-state index in [0.29, 0.717) is 11.3 Å². The van der Waals surface area contributed by atoms with Gasteiger partial charge in [0.05, 0.1) is 16.0 Å². The Balaban J connectivity index is 1.69. The molecule has 0 bridgehead atoms. The summed E-state index contributed by atoms with van der Waals surface area (Å²) >= 11 is 1.41. The van der Waals surface area contributed by atoms with Crippen molar-refractivity contribution in [3.8, 4) is 28.3 Å². The summed E-state index contributed by atoms with van der Waals surface area (Å²) in [4.78, 5) is 0. The maximum absolute atomic E-state index is 12.6. The molecule has 142 valence electrons. The third-order valence-electron chi connectivity index (χ3n) is 4.80. The first-order valence-electron chi connectivity index (χ1n) is 8.80. The van der Waals surface area contributed by atoms with Crippen LogP contribution in [0, 0.1) is 0 Å². The normalized spacial score (nSPS) is 13.8. The van der Waals surface area contributed by atoms with Crippen LogP contribution >= 0.6 is 11.5 Å². The average molecular weight is 401 g/mol. The fourth-order valence-electron chi connectivity index (χ4n) is 3.69. The van der Waals surface area contributed by atoms with Crippen molar-refractivity contribution in [2.45, 2.75) is 25.7 Å². The van der Waals surface area contributed by atoms with E-state index in [4.69, 9.17) is 5.10 Å². The number of rotatable bonds is 3. The molecule has 0 fully saturated rings. The van der Waals surface area contributed by atoms with Crippen LogP contribution in [0.4, 0.5) is 13.2 Å². The lowest BCUT2D eigenvalue weighted by Gasteiger charge is -2.10. The number of alkyl halides is 3. The van der Waals surface area contributed by atoms with E-state index in [2.05, 4.69) is 9.11 Å². The number of aryl methyl sites for hydroxylation is 1. The Morgan fingerprint density at radius 2 is 1.89 bits per heavy atom. The minimum absolute atomic E-state index is 0.257. The van der Waals surface area contributed by atoms with E-state index >= 15 is 0 Å². The van der Waals surface area contributed by atoms with E-state index < -0.39 is 6.36 Å². The highest BCUT2D eigenvalue weighted by molar-refractivity contribution is 7.13. The van der Waals surface area contributed by atoms with Gasteiger partial charge in [-0.3, -0.25) is 4.68 Å². The van der Waals surface area contributed by atoms with Crippen molar-refractivity contribution in [1.82, 2.24) is 14.2 Å². The lowest BCUT2D eigenvalue weighted by Crippen LogP contribution is -2.17. The number of nitrogens with zero attached hydrogens (tertiary/aromatic N) is 3. The molecule has 5 rings (SSSR count). The van der Waals surface area contributed by atoms with Gasteiger partial charge in [0, 0.05) is 23.2 Å². The lowest BCUT2D eigenvalue weighted by molar-refractivity contribution is -0.274. The van der Waals surface area contributed by atoms with Gasteiger partial charge in [0.25, 0.3) is 0 Å². The molecule has 2 aromatic heterocycles. The highest BCUT2D eigenvalue weighted by atomic mass is 32.1. The van der Waals surface area contributed by atoms with Gasteiger partial charge >= 0.3 is 6.36 Å². The molecule has 8 heteroatoms. The molecular formula is C20H14F3N3OS. The Kier molecular flexibility index (Phi) is 3.90. The molecule has 1 aliphatic rings. The van der Waals surface area contributed by atoms with Crippen molar-refractivity contribution in [2.75, 3.05) is 0 Å². The summed E-state index contributed by atoms with van der Waals surface area (Å²) in [5.74, 6) is -0.257. The molecule has 0 saturated carbocycles. The van der Waals surface area contributed by atoms with Crippen LogP contribution in [0.25, 0.3) is 32.6 Å². The molecule has 0 saturated heterocycles. The van der Waals surface area contributed by atoms with Gasteiger partial charge < -0.3 is 4.74 Å². The van der Waals surface area contributed by atoms with Crippen LogP contribution in [0.5, 0.6) is 5.75 Å². The summed E-state index contributed by atoms with van der Waals surface area (Å²) in [7, 11) is 0. The van der Waals surface area contributed by atoms with Crippen LogP contribution in [-0.4, -0.2) is 20.5 Å². The van der Waals surface area contributed by atoms with Crippen molar-refractivity contribution in [3.63, 3.8) is 0 Å². The Labute approximate surface area is 162 Å². The second kappa shape index (κ2) is 6.34. The van der Waals surface area contributed by atoms with Crippen LogP contribution in [0.2, 0.25) is 0 Å². The smallest absolute Gasteiger partial charge is 0.406 e. The first-order chi connectivity index (χ1) is 13.5. The largest absolute Gasteiger partial charge is 0.573 e. The van der Waals surface area contributed by atoms with Crippen molar-refractivity contribution in [1.29, 1.82) is 0 Å². The fraction of sp³-hybridized carbons (Fsp3) is 0.200. The summed E-state index contributed by atoms with van der Waals surface area (Å²) in [6.45, 7) is 0.795. The highest BCUT2D eigenvalue weighted by Gasteiger charge is 2.32. The van der Waals surface area contributed by atoms with E-state index in [-0.39, 0.29) is 5.75 Å². The summed E-state index contributed by atoms with van der Waals surface area (Å²) in [5.41, 5.74) is 4.03. The van der Waals surface area contributed by atoms with Crippen LogP contribution in [-0.2, 0) is 13.0 Å². The zero-order valence-corrected chi connectivity index (χ0v) is 15.3. The van der Waals surface area contributed by atoms with Gasteiger partial charge in [-0.2, -0.15) is 9.47 Å². The van der Waals surface area contributed by atoms with Crippen LogP contribution < -0.4 is 4.74 Å². The first kappa shape index (κ1) is 17.2. The molecule has 0 N–H and O–H groups in total. The van der Waals surface area contributed by atoms with Crippen molar-refractivity contribution in [2.24, 2.45) is 0 Å². The average Bonchev–Trinajstić information content (AvgIpc) is 3.34. The van der Waals surface area contributed by atoms with Gasteiger partial charge in [-0.05, 0) is 42.6 Å². The first-order valence-corrected chi connectivity index (χ1v) is 9.57. The van der Waals surface area contributed by atoms with Gasteiger partial charge in [-0.1, -0.05) is 30.3 Å². The van der Waals surface area contributed by atoms with Gasteiger partial charge in [0.15, 0.2) is 0 Å². The minimum Gasteiger partial charge on any atom is -0.406 e. The predicted molar refractivity (Wildman–Crippen MR) is 101 cm³/mol. The van der Waals surface area contributed by atoms with Crippen molar-refractivity contribution >= 4 is 21.6 Å². The highest BCUT2D eigenvalue weighted by Crippen LogP contribution is 2.41. The van der Waals surface area contributed by atoms with E-state index in [9.17, 15) is 13.2 Å². The SMILES string of the molecule is FC(F)(F)Oc1cccc(-c2nn3c(c2-c2nsc4ccccc24)CCC3)c1. The molecule has 28 heavy (non-hydrogen) atoms. The summed E-state index contributed by atoms with van der Waals surface area (Å²) in [6.07, 6.45) is -2.87. The number of ether oxygens (including phenoxy) is 1. The Hall–Kier alpha value is -2.87. The third-order valence-corrected chi connectivity index (χ3v) is 5.62. The zero-order valence-electron chi connectivity index (χ0n) is 14.5. The quantitative estimate of drug-likeness (QED) is 0.444. The molecule has 0 aliphatic carbocycles. The van der Waals surface area contributed by atoms with Gasteiger partial charge in [0.1, 0.15) is 11.4 Å². The fourth-order valence-corrected chi connectivity index (χ4v) is 4.47.